The second-order valence-corrected chi connectivity index (χ2v) is 9.87. The van der Waals surface area contributed by atoms with Crippen molar-refractivity contribution >= 4 is 17.5 Å². The Kier molecular flexibility index (Phi) is 7.98. The van der Waals surface area contributed by atoms with E-state index < -0.39 is 5.60 Å². The number of carbonyl (C=O) groups is 1. The Morgan fingerprint density at radius 1 is 0.917 bits per heavy atom. The van der Waals surface area contributed by atoms with E-state index in [1.807, 2.05) is 81.4 Å². The first-order valence-corrected chi connectivity index (χ1v) is 12.3. The Balaban J connectivity index is 1.55. The maximum Gasteiger partial charge on any atom is 0.410 e. The van der Waals surface area contributed by atoms with Gasteiger partial charge >= 0.3 is 6.09 Å². The number of halogens is 1. The summed E-state index contributed by atoms with van der Waals surface area (Å²) in [5.41, 5.74) is 2.83. The number of piperazine rings is 1. The minimum atomic E-state index is -0.547. The molecule has 1 N–H and O–H groups in total. The Hall–Kier alpha value is -3.74. The van der Waals surface area contributed by atoms with Crippen LogP contribution in [-0.2, 0) is 17.9 Å². The molecule has 4 rings (SSSR count). The number of amides is 1. The van der Waals surface area contributed by atoms with Crippen molar-refractivity contribution in [1.82, 2.24) is 4.90 Å². The minimum Gasteiger partial charge on any atom is -0.485 e. The van der Waals surface area contributed by atoms with Gasteiger partial charge in [0, 0.05) is 44.9 Å². The van der Waals surface area contributed by atoms with Crippen LogP contribution >= 0.6 is 0 Å². The molecule has 0 atom stereocenters. The smallest absolute Gasteiger partial charge is 0.410 e. The van der Waals surface area contributed by atoms with Crippen LogP contribution in [0, 0.1) is 5.82 Å². The summed E-state index contributed by atoms with van der Waals surface area (Å²) in [6.45, 7) is 8.52. The summed E-state index contributed by atoms with van der Waals surface area (Å²) >= 11 is 0. The Labute approximate surface area is 212 Å². The molecule has 0 aliphatic carbocycles. The number of carbonyl (C=O) groups excluding carboxylic acids is 1. The van der Waals surface area contributed by atoms with Gasteiger partial charge in [0.2, 0.25) is 0 Å². The first-order chi connectivity index (χ1) is 17.3. The third kappa shape index (κ3) is 6.90. The quantitative estimate of drug-likeness (QED) is 0.435. The zero-order valence-corrected chi connectivity index (χ0v) is 21.2. The maximum atomic E-state index is 14.8. The Morgan fingerprint density at radius 2 is 1.53 bits per heavy atom. The molecule has 1 saturated heterocycles. The van der Waals surface area contributed by atoms with Gasteiger partial charge in [0.1, 0.15) is 18.0 Å². The number of nitrogens with one attached hydrogen (secondary N) is 1. The number of hydrogen-bond donors (Lipinski definition) is 1. The van der Waals surface area contributed by atoms with E-state index in [0.29, 0.717) is 56.5 Å². The van der Waals surface area contributed by atoms with E-state index in [1.54, 1.807) is 4.90 Å². The lowest BCUT2D eigenvalue weighted by Crippen LogP contribution is -2.50. The average molecular weight is 492 g/mol. The van der Waals surface area contributed by atoms with Gasteiger partial charge in [-0.3, -0.25) is 0 Å². The van der Waals surface area contributed by atoms with Gasteiger partial charge in [0.05, 0.1) is 11.4 Å². The molecule has 0 aromatic heterocycles. The van der Waals surface area contributed by atoms with Gasteiger partial charge in [-0.1, -0.05) is 60.7 Å². The van der Waals surface area contributed by atoms with Crippen molar-refractivity contribution < 1.29 is 18.7 Å². The number of nitrogens with zero attached hydrogens (tertiary/aromatic N) is 2. The first kappa shape index (κ1) is 25.4. The van der Waals surface area contributed by atoms with E-state index in [0.717, 1.165) is 11.1 Å². The molecule has 1 heterocycles. The molecule has 3 aromatic rings. The molecule has 36 heavy (non-hydrogen) atoms. The SMILES string of the molecule is CC(C)(C)OC(=O)N1CCN(c2cc(F)cc(NCc3ccccc3)c2OCc2ccccc2)CC1. The van der Waals surface area contributed by atoms with Crippen LogP contribution in [0.4, 0.5) is 20.6 Å². The van der Waals surface area contributed by atoms with Crippen LogP contribution in [0.3, 0.4) is 0 Å². The van der Waals surface area contributed by atoms with Crippen molar-refractivity contribution in [3.63, 3.8) is 0 Å². The summed E-state index contributed by atoms with van der Waals surface area (Å²) in [5.74, 6) is 0.254. The van der Waals surface area contributed by atoms with Gasteiger partial charge < -0.3 is 24.6 Å². The summed E-state index contributed by atoms with van der Waals surface area (Å²) in [4.78, 5) is 16.3. The van der Waals surface area contributed by atoms with E-state index >= 15 is 0 Å². The molecule has 7 heteroatoms. The number of anilines is 2. The van der Waals surface area contributed by atoms with E-state index in [2.05, 4.69) is 10.2 Å². The summed E-state index contributed by atoms with van der Waals surface area (Å²) in [7, 11) is 0. The highest BCUT2D eigenvalue weighted by molar-refractivity contribution is 5.73. The fourth-order valence-corrected chi connectivity index (χ4v) is 4.08. The van der Waals surface area contributed by atoms with Gasteiger partial charge in [0.25, 0.3) is 0 Å². The van der Waals surface area contributed by atoms with Crippen molar-refractivity contribution in [3.05, 3.63) is 89.7 Å². The standard InChI is InChI=1S/C29H34FN3O3/c1-29(2,3)36-28(34)33-16-14-32(15-17-33)26-19-24(30)18-25(31-20-22-10-6-4-7-11-22)27(26)35-21-23-12-8-5-9-13-23/h4-13,18-19,31H,14-17,20-21H2,1-3H3. The van der Waals surface area contributed by atoms with Gasteiger partial charge in [-0.05, 0) is 31.9 Å². The van der Waals surface area contributed by atoms with Crippen LogP contribution in [0.5, 0.6) is 5.75 Å². The second kappa shape index (κ2) is 11.3. The predicted octanol–water partition coefficient (Wildman–Crippen LogP) is 6.07. The number of hydrogen-bond acceptors (Lipinski definition) is 5. The van der Waals surface area contributed by atoms with Crippen LogP contribution in [-0.4, -0.2) is 42.8 Å². The van der Waals surface area contributed by atoms with Crippen molar-refractivity contribution in [2.75, 3.05) is 36.4 Å². The molecule has 6 nitrogen and oxygen atoms in total. The third-order valence-electron chi connectivity index (χ3n) is 5.86. The lowest BCUT2D eigenvalue weighted by atomic mass is 10.1. The summed E-state index contributed by atoms with van der Waals surface area (Å²) in [6, 6.07) is 22.8. The normalized spacial score (nSPS) is 13.9. The van der Waals surface area contributed by atoms with Gasteiger partial charge in [-0.2, -0.15) is 0 Å². The van der Waals surface area contributed by atoms with Crippen molar-refractivity contribution in [2.24, 2.45) is 0 Å². The number of ether oxygens (including phenoxy) is 2. The van der Waals surface area contributed by atoms with Crippen LogP contribution in [0.25, 0.3) is 0 Å². The molecule has 0 unspecified atom stereocenters. The fourth-order valence-electron chi connectivity index (χ4n) is 4.08. The highest BCUT2D eigenvalue weighted by atomic mass is 19.1. The van der Waals surface area contributed by atoms with E-state index in [4.69, 9.17) is 9.47 Å². The zero-order valence-electron chi connectivity index (χ0n) is 21.2. The van der Waals surface area contributed by atoms with E-state index in [1.165, 1.54) is 12.1 Å². The molecule has 1 amide bonds. The van der Waals surface area contributed by atoms with Gasteiger partial charge in [-0.25, -0.2) is 9.18 Å². The van der Waals surface area contributed by atoms with Crippen molar-refractivity contribution in [1.29, 1.82) is 0 Å². The molecule has 0 radical (unpaired) electrons. The molecular weight excluding hydrogens is 457 g/mol. The Morgan fingerprint density at radius 3 is 2.14 bits per heavy atom. The molecule has 1 fully saturated rings. The average Bonchev–Trinajstić information content (AvgIpc) is 2.87. The van der Waals surface area contributed by atoms with Crippen LogP contribution in [0.15, 0.2) is 72.8 Å². The molecule has 1 aliphatic rings. The van der Waals surface area contributed by atoms with Crippen LogP contribution in [0.1, 0.15) is 31.9 Å². The summed E-state index contributed by atoms with van der Waals surface area (Å²) < 4.78 is 26.7. The lowest BCUT2D eigenvalue weighted by molar-refractivity contribution is 0.0240. The molecular formula is C29H34FN3O3. The lowest BCUT2D eigenvalue weighted by Gasteiger charge is -2.37. The maximum absolute atomic E-state index is 14.8. The molecule has 0 saturated carbocycles. The van der Waals surface area contributed by atoms with Crippen LogP contribution in [0.2, 0.25) is 0 Å². The predicted molar refractivity (Wildman–Crippen MR) is 141 cm³/mol. The number of benzene rings is 3. The molecule has 1 aliphatic heterocycles. The van der Waals surface area contributed by atoms with Gasteiger partial charge in [-0.15, -0.1) is 0 Å². The van der Waals surface area contributed by atoms with Crippen molar-refractivity contribution in [3.8, 4) is 5.75 Å². The zero-order chi connectivity index (χ0) is 25.5. The topological polar surface area (TPSA) is 54.0 Å². The minimum absolute atomic E-state index is 0.327. The molecule has 0 bridgehead atoms. The molecule has 0 spiro atoms. The highest BCUT2D eigenvalue weighted by Crippen LogP contribution is 2.38. The third-order valence-corrected chi connectivity index (χ3v) is 5.86. The highest BCUT2D eigenvalue weighted by Gasteiger charge is 2.28. The Bertz CT molecular complexity index is 1140. The van der Waals surface area contributed by atoms with Crippen molar-refractivity contribution in [2.45, 2.75) is 39.5 Å². The largest absolute Gasteiger partial charge is 0.485 e. The molecule has 3 aromatic carbocycles. The molecule has 190 valence electrons. The van der Waals surface area contributed by atoms with Crippen LogP contribution < -0.4 is 15.0 Å². The summed E-state index contributed by atoms with van der Waals surface area (Å²) in [5, 5.41) is 3.36. The number of rotatable bonds is 7. The van der Waals surface area contributed by atoms with Gasteiger partial charge in [0.15, 0.2) is 5.75 Å². The monoisotopic (exact) mass is 491 g/mol. The summed E-state index contributed by atoms with van der Waals surface area (Å²) in [6.07, 6.45) is -0.327. The first-order valence-electron chi connectivity index (χ1n) is 12.3. The van der Waals surface area contributed by atoms with E-state index in [9.17, 15) is 9.18 Å². The van der Waals surface area contributed by atoms with E-state index in [-0.39, 0.29) is 11.9 Å². The second-order valence-electron chi connectivity index (χ2n) is 9.87. The fraction of sp³-hybridized carbons (Fsp3) is 0.345.